The molecule has 0 radical (unpaired) electrons. The average molecular weight is 151 g/mol. The second kappa shape index (κ2) is 3.42. The molecule has 0 aromatic heterocycles. The quantitative estimate of drug-likeness (QED) is 0.467. The van der Waals surface area contributed by atoms with Gasteiger partial charge in [0.05, 0.1) is 0 Å². The Hall–Kier alpha value is -0.760. The first kappa shape index (κ1) is 7.35. The zero-order valence-electron chi connectivity index (χ0n) is 5.78. The zero-order valence-corrected chi connectivity index (χ0v) is 6.68. The summed E-state index contributed by atoms with van der Waals surface area (Å²) in [5.74, 6) is 0. The molecule has 1 nitrogen and oxygen atoms in total. The monoisotopic (exact) mass is 151 g/mol. The van der Waals surface area contributed by atoms with Crippen LogP contribution in [0.2, 0.25) is 0 Å². The average Bonchev–Trinajstić information content (AvgIpc) is 1.94. The van der Waals surface area contributed by atoms with Crippen molar-refractivity contribution in [3.63, 3.8) is 0 Å². The van der Waals surface area contributed by atoms with Crippen LogP contribution in [-0.4, -0.2) is 6.21 Å². The predicted molar refractivity (Wildman–Crippen MR) is 47.8 cm³/mol. The van der Waals surface area contributed by atoms with Gasteiger partial charge in [0, 0.05) is 6.21 Å². The van der Waals surface area contributed by atoms with Crippen LogP contribution in [0.5, 0.6) is 0 Å². The van der Waals surface area contributed by atoms with Crippen molar-refractivity contribution >= 4 is 19.0 Å². The van der Waals surface area contributed by atoms with Crippen LogP contribution in [0.15, 0.2) is 28.7 Å². The van der Waals surface area contributed by atoms with E-state index in [2.05, 4.69) is 17.2 Å². The molecular formula is C8H9NS. The number of benzene rings is 1. The van der Waals surface area contributed by atoms with Crippen molar-refractivity contribution in [2.75, 3.05) is 0 Å². The maximum Gasteiger partial charge on any atom is 0.0423 e. The highest BCUT2D eigenvalue weighted by Crippen LogP contribution is 2.03. The van der Waals surface area contributed by atoms with E-state index in [9.17, 15) is 0 Å². The summed E-state index contributed by atoms with van der Waals surface area (Å²) in [6.45, 7) is 2.05. The second-order valence-corrected chi connectivity index (χ2v) is 2.33. The van der Waals surface area contributed by atoms with Crippen LogP contribution in [0, 0.1) is 6.92 Å². The first-order valence-corrected chi connectivity index (χ1v) is 3.47. The molecule has 52 valence electrons. The van der Waals surface area contributed by atoms with Crippen molar-refractivity contribution in [2.45, 2.75) is 6.92 Å². The second-order valence-electron chi connectivity index (χ2n) is 2.10. The van der Waals surface area contributed by atoms with Crippen LogP contribution in [-0.2, 0) is 0 Å². The standard InChI is InChI=1S/C8H9NS/c1-7-4-2-3-5-8(7)6-9-10/h2-6,10H,1H3. The summed E-state index contributed by atoms with van der Waals surface area (Å²) in [5, 5.41) is 0. The smallest absolute Gasteiger partial charge is 0.0423 e. The first-order chi connectivity index (χ1) is 4.84. The molecule has 0 saturated carbocycles. The predicted octanol–water partition coefficient (Wildman–Crippen LogP) is 2.26. The summed E-state index contributed by atoms with van der Waals surface area (Å²) in [5.41, 5.74) is 2.35. The number of rotatable bonds is 1. The lowest BCUT2D eigenvalue weighted by molar-refractivity contribution is 1.45. The molecule has 0 heterocycles. The molecule has 0 fully saturated rings. The van der Waals surface area contributed by atoms with E-state index >= 15 is 0 Å². The first-order valence-electron chi connectivity index (χ1n) is 3.07. The summed E-state index contributed by atoms with van der Waals surface area (Å²) < 4.78 is 3.64. The molecule has 10 heavy (non-hydrogen) atoms. The van der Waals surface area contributed by atoms with Gasteiger partial charge in [0.25, 0.3) is 0 Å². The lowest BCUT2D eigenvalue weighted by Gasteiger charge is -1.95. The molecular weight excluding hydrogens is 142 g/mol. The Bertz CT molecular complexity index is 243. The number of hydrogen-bond donors (Lipinski definition) is 1. The van der Waals surface area contributed by atoms with Crippen LogP contribution in [0.4, 0.5) is 0 Å². The van der Waals surface area contributed by atoms with E-state index in [0.717, 1.165) is 5.56 Å². The van der Waals surface area contributed by atoms with E-state index in [1.165, 1.54) is 5.56 Å². The van der Waals surface area contributed by atoms with Crippen molar-refractivity contribution in [3.8, 4) is 0 Å². The molecule has 1 aromatic carbocycles. The number of nitrogens with zero attached hydrogens (tertiary/aromatic N) is 1. The van der Waals surface area contributed by atoms with Gasteiger partial charge in [0.1, 0.15) is 0 Å². The van der Waals surface area contributed by atoms with Gasteiger partial charge in [-0.1, -0.05) is 24.3 Å². The van der Waals surface area contributed by atoms with Gasteiger partial charge in [0.2, 0.25) is 0 Å². The molecule has 0 aliphatic carbocycles. The molecule has 0 aliphatic heterocycles. The number of aryl methyl sites for hydroxylation is 1. The summed E-state index contributed by atoms with van der Waals surface area (Å²) >= 11 is 3.75. The van der Waals surface area contributed by atoms with Crippen LogP contribution in [0.3, 0.4) is 0 Å². The minimum Gasteiger partial charge on any atom is -0.227 e. The fourth-order valence-corrected chi connectivity index (χ4v) is 0.918. The van der Waals surface area contributed by atoms with E-state index < -0.39 is 0 Å². The minimum atomic E-state index is 1.12. The summed E-state index contributed by atoms with van der Waals surface area (Å²) in [6, 6.07) is 8.04. The highest BCUT2D eigenvalue weighted by atomic mass is 32.1. The largest absolute Gasteiger partial charge is 0.227 e. The van der Waals surface area contributed by atoms with Gasteiger partial charge in [-0.2, -0.15) is 0 Å². The molecule has 2 heteroatoms. The highest BCUT2D eigenvalue weighted by Gasteiger charge is 1.89. The molecule has 0 saturated heterocycles. The van der Waals surface area contributed by atoms with Gasteiger partial charge < -0.3 is 0 Å². The summed E-state index contributed by atoms with van der Waals surface area (Å²) in [6.07, 6.45) is 1.73. The minimum absolute atomic E-state index is 1.12. The van der Waals surface area contributed by atoms with Gasteiger partial charge in [0.15, 0.2) is 0 Å². The zero-order chi connectivity index (χ0) is 7.40. The maximum atomic E-state index is 3.75. The molecule has 0 spiro atoms. The van der Waals surface area contributed by atoms with Crippen molar-refractivity contribution in [1.29, 1.82) is 0 Å². The van der Waals surface area contributed by atoms with Crippen molar-refractivity contribution in [3.05, 3.63) is 35.4 Å². The maximum absolute atomic E-state index is 3.75. The van der Waals surface area contributed by atoms with Gasteiger partial charge in [-0.25, -0.2) is 4.40 Å². The molecule has 1 rings (SSSR count). The normalized spacial score (nSPS) is 10.6. The Morgan fingerprint density at radius 2 is 2.10 bits per heavy atom. The fraction of sp³-hybridized carbons (Fsp3) is 0.125. The Balaban J connectivity index is 3.03. The van der Waals surface area contributed by atoms with Gasteiger partial charge >= 0.3 is 0 Å². The van der Waals surface area contributed by atoms with Crippen LogP contribution < -0.4 is 0 Å². The van der Waals surface area contributed by atoms with Crippen LogP contribution in [0.25, 0.3) is 0 Å². The molecule has 0 amide bonds. The molecule has 0 unspecified atom stereocenters. The van der Waals surface area contributed by atoms with E-state index in [0.29, 0.717) is 0 Å². The highest BCUT2D eigenvalue weighted by molar-refractivity contribution is 7.79. The Kier molecular flexibility index (Phi) is 2.51. The Morgan fingerprint density at radius 3 is 2.70 bits per heavy atom. The van der Waals surface area contributed by atoms with E-state index in [-0.39, 0.29) is 0 Å². The van der Waals surface area contributed by atoms with Gasteiger partial charge in [-0.3, -0.25) is 0 Å². The Labute approximate surface area is 66.3 Å². The molecule has 1 aromatic rings. The summed E-state index contributed by atoms with van der Waals surface area (Å²) in [4.78, 5) is 0. The topological polar surface area (TPSA) is 12.4 Å². The van der Waals surface area contributed by atoms with Crippen molar-refractivity contribution in [1.82, 2.24) is 0 Å². The molecule has 0 N–H and O–H groups in total. The third-order valence-corrected chi connectivity index (χ3v) is 1.50. The van der Waals surface area contributed by atoms with Crippen LogP contribution in [0.1, 0.15) is 11.1 Å². The van der Waals surface area contributed by atoms with Crippen molar-refractivity contribution < 1.29 is 0 Å². The van der Waals surface area contributed by atoms with E-state index in [1.54, 1.807) is 6.21 Å². The van der Waals surface area contributed by atoms with Crippen molar-refractivity contribution in [2.24, 2.45) is 4.40 Å². The molecule has 0 bridgehead atoms. The Morgan fingerprint density at radius 1 is 1.40 bits per heavy atom. The summed E-state index contributed by atoms with van der Waals surface area (Å²) in [7, 11) is 0. The third kappa shape index (κ3) is 1.61. The molecule has 0 aliphatic rings. The lowest BCUT2D eigenvalue weighted by Crippen LogP contribution is -1.83. The number of thiol groups is 1. The fourth-order valence-electron chi connectivity index (χ4n) is 0.794. The van der Waals surface area contributed by atoms with E-state index in [1.807, 2.05) is 31.2 Å². The number of hydrogen-bond acceptors (Lipinski definition) is 2. The lowest BCUT2D eigenvalue weighted by atomic mass is 10.1. The third-order valence-electron chi connectivity index (χ3n) is 1.39. The SMILES string of the molecule is Cc1ccccc1C=NS. The molecule has 0 atom stereocenters. The van der Waals surface area contributed by atoms with Gasteiger partial charge in [-0.15, -0.1) is 0 Å². The van der Waals surface area contributed by atoms with Gasteiger partial charge in [-0.05, 0) is 30.9 Å². The van der Waals surface area contributed by atoms with Crippen LogP contribution >= 0.6 is 12.8 Å². The van der Waals surface area contributed by atoms with E-state index in [4.69, 9.17) is 0 Å².